The number of hydrogen-bond acceptors (Lipinski definition) is 6. The van der Waals surface area contributed by atoms with Crippen LogP contribution in [0.2, 0.25) is 0 Å². The van der Waals surface area contributed by atoms with E-state index >= 15 is 0 Å². The van der Waals surface area contributed by atoms with Gasteiger partial charge in [0.15, 0.2) is 5.82 Å². The minimum atomic E-state index is 0.0215. The zero-order valence-electron chi connectivity index (χ0n) is 15.9. The summed E-state index contributed by atoms with van der Waals surface area (Å²) in [6, 6.07) is 8.03. The second kappa shape index (κ2) is 8.58. The zero-order chi connectivity index (χ0) is 19.3. The first-order valence-electron chi connectivity index (χ1n) is 9.49. The fourth-order valence-corrected chi connectivity index (χ4v) is 4.18. The van der Waals surface area contributed by atoms with Crippen molar-refractivity contribution in [2.75, 3.05) is 26.2 Å². The molecule has 4 heterocycles. The first kappa shape index (κ1) is 18.7. The number of rotatable bonds is 4. The summed E-state index contributed by atoms with van der Waals surface area (Å²) in [6.45, 7) is 6.23. The van der Waals surface area contributed by atoms with E-state index in [9.17, 15) is 4.79 Å². The van der Waals surface area contributed by atoms with E-state index in [1.807, 2.05) is 24.0 Å². The van der Waals surface area contributed by atoms with Crippen molar-refractivity contribution < 1.29 is 4.79 Å². The van der Waals surface area contributed by atoms with Gasteiger partial charge in [-0.25, -0.2) is 9.97 Å². The monoisotopic (exact) mass is 393 g/mol. The van der Waals surface area contributed by atoms with E-state index in [4.69, 9.17) is 0 Å². The number of nitrogens with zero attached hydrogens (tertiary/aromatic N) is 5. The molecule has 3 aromatic rings. The van der Waals surface area contributed by atoms with Gasteiger partial charge < -0.3 is 4.90 Å². The third kappa shape index (κ3) is 4.26. The van der Waals surface area contributed by atoms with Gasteiger partial charge in [-0.2, -0.15) is 0 Å². The summed E-state index contributed by atoms with van der Waals surface area (Å²) in [4.78, 5) is 31.8. The molecule has 28 heavy (non-hydrogen) atoms. The molecule has 1 fully saturated rings. The van der Waals surface area contributed by atoms with Crippen LogP contribution < -0.4 is 0 Å². The average Bonchev–Trinajstić information content (AvgIpc) is 3.12. The Morgan fingerprint density at radius 3 is 2.82 bits per heavy atom. The van der Waals surface area contributed by atoms with Crippen LogP contribution in [-0.2, 0) is 6.54 Å². The smallest absolute Gasteiger partial charge is 0.257 e. The summed E-state index contributed by atoms with van der Waals surface area (Å²) in [5.41, 5.74) is 2.14. The fourth-order valence-electron chi connectivity index (χ4n) is 3.44. The van der Waals surface area contributed by atoms with Crippen molar-refractivity contribution in [2.45, 2.75) is 19.9 Å². The van der Waals surface area contributed by atoms with Gasteiger partial charge in [-0.1, -0.05) is 6.07 Å². The quantitative estimate of drug-likeness (QED) is 0.681. The van der Waals surface area contributed by atoms with E-state index in [0.29, 0.717) is 17.1 Å². The number of amides is 1. The normalized spacial score (nSPS) is 15.4. The summed E-state index contributed by atoms with van der Waals surface area (Å²) in [6.07, 6.45) is 6.08. The van der Waals surface area contributed by atoms with Crippen LogP contribution in [0.25, 0.3) is 11.4 Å². The lowest BCUT2D eigenvalue weighted by molar-refractivity contribution is 0.0759. The molecule has 0 unspecified atom stereocenters. The van der Waals surface area contributed by atoms with E-state index in [1.54, 1.807) is 29.9 Å². The molecule has 1 aliphatic heterocycles. The standard InChI is InChI=1S/C21H23N5OS/c1-16-19(14-23-20(24-16)17-5-2-7-22-13-17)21(27)26-9-4-8-25(10-11-26)15-18-6-3-12-28-18/h2-3,5-7,12-14H,4,8-11,15H2,1H3. The third-order valence-electron chi connectivity index (χ3n) is 4.96. The van der Waals surface area contributed by atoms with Gasteiger partial charge in [0.2, 0.25) is 0 Å². The molecule has 0 aliphatic carbocycles. The molecule has 0 N–H and O–H groups in total. The molecular weight excluding hydrogens is 370 g/mol. The molecule has 0 saturated carbocycles. The second-order valence-corrected chi connectivity index (χ2v) is 7.97. The molecule has 4 rings (SSSR count). The van der Waals surface area contributed by atoms with Crippen molar-refractivity contribution in [3.63, 3.8) is 0 Å². The van der Waals surface area contributed by atoms with Crippen molar-refractivity contribution in [2.24, 2.45) is 0 Å². The SMILES string of the molecule is Cc1nc(-c2cccnc2)ncc1C(=O)N1CCCN(Cc2cccs2)CC1. The maximum atomic E-state index is 13.1. The summed E-state index contributed by atoms with van der Waals surface area (Å²) in [5.74, 6) is 0.619. The Morgan fingerprint density at radius 1 is 1.14 bits per heavy atom. The molecule has 1 aliphatic rings. The van der Waals surface area contributed by atoms with Crippen molar-refractivity contribution in [1.82, 2.24) is 24.8 Å². The summed E-state index contributed by atoms with van der Waals surface area (Å²) in [7, 11) is 0. The van der Waals surface area contributed by atoms with Crippen molar-refractivity contribution >= 4 is 17.2 Å². The van der Waals surface area contributed by atoms with E-state index in [0.717, 1.165) is 44.7 Å². The van der Waals surface area contributed by atoms with Gasteiger partial charge in [-0.3, -0.25) is 14.7 Å². The molecule has 3 aromatic heterocycles. The lowest BCUT2D eigenvalue weighted by Crippen LogP contribution is -2.35. The van der Waals surface area contributed by atoms with Crippen LogP contribution in [-0.4, -0.2) is 56.8 Å². The van der Waals surface area contributed by atoms with Crippen LogP contribution in [0.15, 0.2) is 48.2 Å². The molecule has 0 aromatic carbocycles. The fraction of sp³-hybridized carbons (Fsp3) is 0.333. The Bertz CT molecular complexity index is 929. The van der Waals surface area contributed by atoms with Crippen LogP contribution in [0.4, 0.5) is 0 Å². The number of hydrogen-bond donors (Lipinski definition) is 0. The maximum absolute atomic E-state index is 13.1. The molecule has 0 spiro atoms. The lowest BCUT2D eigenvalue weighted by Gasteiger charge is -2.22. The van der Waals surface area contributed by atoms with Gasteiger partial charge in [0.1, 0.15) is 0 Å². The largest absolute Gasteiger partial charge is 0.337 e. The second-order valence-electron chi connectivity index (χ2n) is 6.94. The molecule has 7 heteroatoms. The first-order valence-corrected chi connectivity index (χ1v) is 10.4. The lowest BCUT2D eigenvalue weighted by atomic mass is 10.2. The van der Waals surface area contributed by atoms with Gasteiger partial charge in [-0.05, 0) is 36.9 Å². The van der Waals surface area contributed by atoms with E-state index in [1.165, 1.54) is 4.88 Å². The van der Waals surface area contributed by atoms with Crippen LogP contribution in [0.5, 0.6) is 0 Å². The predicted octanol–water partition coefficient (Wildman–Crippen LogP) is 3.26. The number of aryl methyl sites for hydroxylation is 1. The highest BCUT2D eigenvalue weighted by molar-refractivity contribution is 7.09. The van der Waals surface area contributed by atoms with Crippen LogP contribution in [0.3, 0.4) is 0 Å². The first-order chi connectivity index (χ1) is 13.7. The average molecular weight is 394 g/mol. The Morgan fingerprint density at radius 2 is 2.07 bits per heavy atom. The van der Waals surface area contributed by atoms with Crippen LogP contribution in [0, 0.1) is 6.92 Å². The molecule has 1 amide bonds. The number of thiophene rings is 1. The number of pyridine rings is 1. The van der Waals surface area contributed by atoms with Gasteiger partial charge in [0.05, 0.1) is 11.3 Å². The molecular formula is C21H23N5OS. The summed E-state index contributed by atoms with van der Waals surface area (Å²) in [5, 5.41) is 2.11. The van der Waals surface area contributed by atoms with Gasteiger partial charge in [-0.15, -0.1) is 11.3 Å². The highest BCUT2D eigenvalue weighted by Gasteiger charge is 2.22. The van der Waals surface area contributed by atoms with Crippen molar-refractivity contribution in [3.8, 4) is 11.4 Å². The molecule has 6 nitrogen and oxygen atoms in total. The Labute approximate surface area is 168 Å². The van der Waals surface area contributed by atoms with Gasteiger partial charge >= 0.3 is 0 Å². The molecule has 1 saturated heterocycles. The van der Waals surface area contributed by atoms with E-state index in [-0.39, 0.29) is 5.91 Å². The van der Waals surface area contributed by atoms with Crippen LogP contribution in [0.1, 0.15) is 27.3 Å². The third-order valence-corrected chi connectivity index (χ3v) is 5.83. The van der Waals surface area contributed by atoms with Crippen LogP contribution >= 0.6 is 11.3 Å². The highest BCUT2D eigenvalue weighted by atomic mass is 32.1. The number of aromatic nitrogens is 3. The van der Waals surface area contributed by atoms with E-state index < -0.39 is 0 Å². The van der Waals surface area contributed by atoms with Gasteiger partial charge in [0.25, 0.3) is 5.91 Å². The Balaban J connectivity index is 1.44. The summed E-state index contributed by atoms with van der Waals surface area (Å²) < 4.78 is 0. The molecule has 0 bridgehead atoms. The molecule has 0 radical (unpaired) electrons. The Hall–Kier alpha value is -2.64. The van der Waals surface area contributed by atoms with Crippen molar-refractivity contribution in [3.05, 3.63) is 64.4 Å². The Kier molecular flexibility index (Phi) is 5.73. The highest BCUT2D eigenvalue weighted by Crippen LogP contribution is 2.18. The maximum Gasteiger partial charge on any atom is 0.257 e. The van der Waals surface area contributed by atoms with E-state index in [2.05, 4.69) is 37.4 Å². The zero-order valence-corrected chi connectivity index (χ0v) is 16.7. The van der Waals surface area contributed by atoms with Gasteiger partial charge in [0, 0.05) is 61.8 Å². The minimum absolute atomic E-state index is 0.0215. The van der Waals surface area contributed by atoms with Crippen molar-refractivity contribution in [1.29, 1.82) is 0 Å². The predicted molar refractivity (Wildman–Crippen MR) is 110 cm³/mol. The molecule has 144 valence electrons. The minimum Gasteiger partial charge on any atom is -0.337 e. The molecule has 0 atom stereocenters. The number of carbonyl (C=O) groups is 1. The number of carbonyl (C=O) groups excluding carboxylic acids is 1. The summed E-state index contributed by atoms with van der Waals surface area (Å²) >= 11 is 1.79. The topological polar surface area (TPSA) is 62.2 Å².